The van der Waals surface area contributed by atoms with Gasteiger partial charge in [-0.15, -0.1) is 0 Å². The molecule has 7 heteroatoms. The summed E-state index contributed by atoms with van der Waals surface area (Å²) in [5, 5.41) is 10.3. The average molecular weight is 198 g/mol. The molecule has 0 unspecified atom stereocenters. The number of hydrogen-bond donors (Lipinski definition) is 1. The van der Waals surface area contributed by atoms with E-state index in [1.165, 1.54) is 0 Å². The first-order chi connectivity index (χ1) is 6.58. The molecular weight excluding hydrogens is 195 g/mol. The van der Waals surface area contributed by atoms with Gasteiger partial charge in [0.2, 0.25) is 5.82 Å². The van der Waals surface area contributed by atoms with E-state index in [9.17, 15) is 19.3 Å². The minimum atomic E-state index is -1.04. The summed E-state index contributed by atoms with van der Waals surface area (Å²) in [6.07, 6.45) is 0. The van der Waals surface area contributed by atoms with Gasteiger partial charge in [-0.1, -0.05) is 0 Å². The first kappa shape index (κ1) is 8.42. The molecular formula is C7H3FN2O4. The summed E-state index contributed by atoms with van der Waals surface area (Å²) in [4.78, 5) is 22.3. The lowest BCUT2D eigenvalue weighted by molar-refractivity contribution is -0.387. The molecule has 0 fully saturated rings. The number of nitro groups is 1. The highest BCUT2D eigenvalue weighted by molar-refractivity contribution is 5.75. The molecule has 0 atom stereocenters. The molecule has 0 bridgehead atoms. The summed E-state index contributed by atoms with van der Waals surface area (Å²) in [7, 11) is 0. The molecule has 72 valence electrons. The van der Waals surface area contributed by atoms with Crippen LogP contribution in [0.15, 0.2) is 21.3 Å². The van der Waals surface area contributed by atoms with Gasteiger partial charge in [0.05, 0.1) is 10.4 Å². The third-order valence-corrected chi connectivity index (χ3v) is 1.69. The van der Waals surface area contributed by atoms with Crippen LogP contribution in [0.4, 0.5) is 10.1 Å². The summed E-state index contributed by atoms with van der Waals surface area (Å²) in [5.74, 6) is -1.81. The van der Waals surface area contributed by atoms with E-state index < -0.39 is 22.2 Å². The van der Waals surface area contributed by atoms with Gasteiger partial charge >= 0.3 is 11.4 Å². The van der Waals surface area contributed by atoms with Crippen LogP contribution in [-0.2, 0) is 0 Å². The normalized spacial score (nSPS) is 10.6. The Bertz CT molecular complexity index is 571. The smallest absolute Gasteiger partial charge is 0.408 e. The van der Waals surface area contributed by atoms with E-state index >= 15 is 0 Å². The predicted octanol–water partition coefficient (Wildman–Crippen LogP) is 1.17. The molecule has 14 heavy (non-hydrogen) atoms. The number of halogens is 1. The Morgan fingerprint density at radius 1 is 1.50 bits per heavy atom. The van der Waals surface area contributed by atoms with Gasteiger partial charge in [-0.05, 0) is 0 Å². The van der Waals surface area contributed by atoms with Gasteiger partial charge in [0, 0.05) is 12.1 Å². The molecule has 0 saturated carbocycles. The number of aromatic amines is 1. The largest absolute Gasteiger partial charge is 0.417 e. The van der Waals surface area contributed by atoms with Gasteiger partial charge in [-0.25, -0.2) is 4.79 Å². The molecule has 0 aliphatic carbocycles. The van der Waals surface area contributed by atoms with Gasteiger partial charge in [0.15, 0.2) is 5.58 Å². The van der Waals surface area contributed by atoms with E-state index in [0.29, 0.717) is 0 Å². The molecule has 6 nitrogen and oxygen atoms in total. The molecule has 2 rings (SSSR count). The SMILES string of the molecule is O=c1[nH]c2cc([N+](=O)[O-])c(F)cc2o1. The molecule has 0 aliphatic rings. The van der Waals surface area contributed by atoms with E-state index in [4.69, 9.17) is 0 Å². The Morgan fingerprint density at radius 3 is 2.86 bits per heavy atom. The molecule has 1 aromatic heterocycles. The van der Waals surface area contributed by atoms with Gasteiger partial charge in [-0.2, -0.15) is 4.39 Å². The molecule has 0 radical (unpaired) electrons. The van der Waals surface area contributed by atoms with Crippen LogP contribution in [0.3, 0.4) is 0 Å². The van der Waals surface area contributed by atoms with Gasteiger partial charge in [-0.3, -0.25) is 15.1 Å². The number of hydrogen-bond acceptors (Lipinski definition) is 4. The zero-order valence-corrected chi connectivity index (χ0v) is 6.61. The van der Waals surface area contributed by atoms with Gasteiger partial charge in [0.25, 0.3) is 0 Å². The standard InChI is InChI=1S/C7H3FN2O4/c8-3-1-6-4(9-7(11)14-6)2-5(3)10(12)13/h1-2H,(H,9,11). The van der Waals surface area contributed by atoms with Crippen molar-refractivity contribution in [3.8, 4) is 0 Å². The quantitative estimate of drug-likeness (QED) is 0.550. The number of oxazole rings is 1. The van der Waals surface area contributed by atoms with E-state index in [-0.39, 0.29) is 11.1 Å². The lowest BCUT2D eigenvalue weighted by Gasteiger charge is -1.92. The number of nitrogens with zero attached hydrogens (tertiary/aromatic N) is 1. The Morgan fingerprint density at radius 2 is 2.21 bits per heavy atom. The fourth-order valence-electron chi connectivity index (χ4n) is 1.10. The molecule has 0 saturated heterocycles. The van der Waals surface area contributed by atoms with Crippen molar-refractivity contribution >= 4 is 16.8 Å². The number of aromatic nitrogens is 1. The summed E-state index contributed by atoms with van der Waals surface area (Å²) < 4.78 is 17.5. The van der Waals surface area contributed by atoms with Crippen LogP contribution in [0.1, 0.15) is 0 Å². The molecule has 1 N–H and O–H groups in total. The minimum absolute atomic E-state index is 0.0434. The summed E-state index contributed by atoms with van der Waals surface area (Å²) in [6, 6.07) is 1.71. The van der Waals surface area contributed by atoms with Crippen LogP contribution in [0.25, 0.3) is 11.1 Å². The molecule has 0 spiro atoms. The second kappa shape index (κ2) is 2.66. The highest BCUT2D eigenvalue weighted by atomic mass is 19.1. The monoisotopic (exact) mass is 198 g/mol. The Labute approximate surface area is 75.1 Å². The maximum atomic E-state index is 13.0. The number of nitro benzene ring substituents is 1. The van der Waals surface area contributed by atoms with Gasteiger partial charge in [0.1, 0.15) is 0 Å². The van der Waals surface area contributed by atoms with Crippen LogP contribution < -0.4 is 5.76 Å². The highest BCUT2D eigenvalue weighted by Gasteiger charge is 2.16. The number of rotatable bonds is 1. The summed E-state index contributed by atoms with van der Waals surface area (Å²) >= 11 is 0. The first-order valence-electron chi connectivity index (χ1n) is 3.54. The maximum absolute atomic E-state index is 13.0. The van der Waals surface area contributed by atoms with E-state index in [1.54, 1.807) is 0 Å². The first-order valence-corrected chi connectivity index (χ1v) is 3.54. The van der Waals surface area contributed by atoms with Crippen LogP contribution in [0.5, 0.6) is 0 Å². The Hall–Kier alpha value is -2.18. The highest BCUT2D eigenvalue weighted by Crippen LogP contribution is 2.22. The lowest BCUT2D eigenvalue weighted by Crippen LogP contribution is -1.93. The number of nitrogens with one attached hydrogen (secondary N) is 1. The van der Waals surface area contributed by atoms with E-state index in [0.717, 1.165) is 12.1 Å². The Kier molecular flexibility index (Phi) is 1.60. The third-order valence-electron chi connectivity index (χ3n) is 1.69. The predicted molar refractivity (Wildman–Crippen MR) is 43.4 cm³/mol. The van der Waals surface area contributed by atoms with Crippen LogP contribution in [0.2, 0.25) is 0 Å². The van der Waals surface area contributed by atoms with Crippen molar-refractivity contribution in [3.05, 3.63) is 38.6 Å². The summed E-state index contributed by atoms with van der Waals surface area (Å²) in [5.41, 5.74) is -0.643. The molecule has 2 aromatic rings. The van der Waals surface area contributed by atoms with Crippen molar-refractivity contribution in [2.75, 3.05) is 0 Å². The fourth-order valence-corrected chi connectivity index (χ4v) is 1.10. The fraction of sp³-hybridized carbons (Fsp3) is 0. The van der Waals surface area contributed by atoms with Crippen LogP contribution in [-0.4, -0.2) is 9.91 Å². The zero-order chi connectivity index (χ0) is 10.3. The van der Waals surface area contributed by atoms with Crippen LogP contribution in [0, 0.1) is 15.9 Å². The summed E-state index contributed by atoms with van der Waals surface area (Å²) in [6.45, 7) is 0. The Balaban J connectivity index is 2.82. The molecule has 1 aromatic carbocycles. The van der Waals surface area contributed by atoms with E-state index in [2.05, 4.69) is 9.40 Å². The van der Waals surface area contributed by atoms with Crippen molar-refractivity contribution in [1.82, 2.24) is 4.98 Å². The topological polar surface area (TPSA) is 89.1 Å². The van der Waals surface area contributed by atoms with Crippen molar-refractivity contribution in [2.45, 2.75) is 0 Å². The molecule has 1 heterocycles. The van der Waals surface area contributed by atoms with Crippen molar-refractivity contribution < 1.29 is 13.7 Å². The molecule has 0 amide bonds. The average Bonchev–Trinajstić information content (AvgIpc) is 2.42. The number of benzene rings is 1. The van der Waals surface area contributed by atoms with Crippen molar-refractivity contribution in [1.29, 1.82) is 0 Å². The maximum Gasteiger partial charge on any atom is 0.417 e. The number of fused-ring (bicyclic) bond motifs is 1. The number of H-pyrrole nitrogens is 1. The van der Waals surface area contributed by atoms with E-state index in [1.807, 2.05) is 0 Å². The van der Waals surface area contributed by atoms with Gasteiger partial charge < -0.3 is 4.42 Å². The minimum Gasteiger partial charge on any atom is -0.408 e. The second-order valence-electron chi connectivity index (χ2n) is 2.57. The van der Waals surface area contributed by atoms with Crippen molar-refractivity contribution in [2.24, 2.45) is 0 Å². The zero-order valence-electron chi connectivity index (χ0n) is 6.61. The molecule has 0 aliphatic heterocycles. The third kappa shape index (κ3) is 1.15. The van der Waals surface area contributed by atoms with Crippen LogP contribution >= 0.6 is 0 Å². The second-order valence-corrected chi connectivity index (χ2v) is 2.57. The lowest BCUT2D eigenvalue weighted by atomic mass is 10.3. The van der Waals surface area contributed by atoms with Crippen molar-refractivity contribution in [3.63, 3.8) is 0 Å².